The van der Waals surface area contributed by atoms with E-state index in [0.29, 0.717) is 0 Å². The van der Waals surface area contributed by atoms with Gasteiger partial charge >= 0.3 is 0 Å². The molecule has 0 radical (unpaired) electrons. The van der Waals surface area contributed by atoms with E-state index in [4.69, 9.17) is 14.9 Å². The molecule has 0 aromatic rings. The predicted octanol–water partition coefficient (Wildman–Crippen LogP) is 2.76. The van der Waals surface area contributed by atoms with Crippen LogP contribution >= 0.6 is 0 Å². The van der Waals surface area contributed by atoms with E-state index in [9.17, 15) is 0 Å². The van der Waals surface area contributed by atoms with Gasteiger partial charge in [-0.05, 0) is 19.8 Å². The highest BCUT2D eigenvalue weighted by molar-refractivity contribution is 4.34. The molecule has 0 saturated heterocycles. The zero-order valence-corrected chi connectivity index (χ0v) is 11.2. The van der Waals surface area contributed by atoms with Gasteiger partial charge in [-0.3, -0.25) is 0 Å². The molecule has 16 heavy (non-hydrogen) atoms. The fourth-order valence-electron chi connectivity index (χ4n) is 0.595. The van der Waals surface area contributed by atoms with Crippen molar-refractivity contribution in [2.45, 2.75) is 52.6 Å². The number of unbranched alkanes of at least 4 members (excludes halogenated alkanes) is 2. The van der Waals surface area contributed by atoms with Gasteiger partial charge in [0, 0.05) is 13.2 Å². The second kappa shape index (κ2) is 24.0. The summed E-state index contributed by atoms with van der Waals surface area (Å²) in [5.74, 6) is 0. The van der Waals surface area contributed by atoms with Crippen molar-refractivity contribution in [2.75, 3.05) is 19.8 Å². The Bertz CT molecular complexity index is 89.2. The average Bonchev–Trinajstić information content (AvgIpc) is 2.32. The smallest absolute Gasteiger partial charge is 0.0742 e. The lowest BCUT2D eigenvalue weighted by molar-refractivity contribution is 0.110. The molecule has 0 rings (SSSR count). The minimum Gasteiger partial charge on any atom is -0.394 e. The largest absolute Gasteiger partial charge is 0.394 e. The zero-order valence-electron chi connectivity index (χ0n) is 11.2. The molecule has 0 saturated carbocycles. The van der Waals surface area contributed by atoms with Crippen LogP contribution in [-0.2, 0) is 4.74 Å². The van der Waals surface area contributed by atoms with Crippen molar-refractivity contribution >= 4 is 0 Å². The first-order valence-corrected chi connectivity index (χ1v) is 6.05. The van der Waals surface area contributed by atoms with Crippen molar-refractivity contribution in [3.8, 4) is 0 Å². The summed E-state index contributed by atoms with van der Waals surface area (Å²) < 4.78 is 5.31. The number of ether oxygens (including phenoxy) is 1. The van der Waals surface area contributed by atoms with Gasteiger partial charge in [-0.2, -0.15) is 0 Å². The Morgan fingerprint density at radius 1 is 1.06 bits per heavy atom. The van der Waals surface area contributed by atoms with Crippen LogP contribution in [-0.4, -0.2) is 36.1 Å². The van der Waals surface area contributed by atoms with E-state index in [-0.39, 0.29) is 6.61 Å². The maximum atomic E-state index is 8.11. The SMILES string of the molecule is C=C.CC(O)CO.CCCCOCCCC. The Kier molecular flexibility index (Phi) is 31.5. The molecule has 1 atom stereocenters. The first-order chi connectivity index (χ1) is 7.68. The van der Waals surface area contributed by atoms with Crippen LogP contribution in [0.3, 0.4) is 0 Å². The van der Waals surface area contributed by atoms with Crippen molar-refractivity contribution in [3.05, 3.63) is 13.2 Å². The monoisotopic (exact) mass is 234 g/mol. The van der Waals surface area contributed by atoms with Crippen LogP contribution in [0.25, 0.3) is 0 Å². The van der Waals surface area contributed by atoms with E-state index in [0.717, 1.165) is 13.2 Å². The molecule has 0 fully saturated rings. The Balaban J connectivity index is -0.000000205. The lowest BCUT2D eigenvalue weighted by atomic mass is 10.3. The number of hydrogen-bond acceptors (Lipinski definition) is 3. The molecular formula is C13H30O3. The van der Waals surface area contributed by atoms with Crippen LogP contribution < -0.4 is 0 Å². The van der Waals surface area contributed by atoms with Crippen molar-refractivity contribution in [1.82, 2.24) is 0 Å². The first kappa shape index (κ1) is 21.0. The topological polar surface area (TPSA) is 49.7 Å². The molecule has 3 heteroatoms. The summed E-state index contributed by atoms with van der Waals surface area (Å²) in [4.78, 5) is 0. The van der Waals surface area contributed by atoms with Crippen molar-refractivity contribution in [1.29, 1.82) is 0 Å². The van der Waals surface area contributed by atoms with Gasteiger partial charge in [-0.15, -0.1) is 13.2 Å². The molecule has 0 aliphatic heterocycles. The summed E-state index contributed by atoms with van der Waals surface area (Å²) >= 11 is 0. The van der Waals surface area contributed by atoms with Crippen LogP contribution in [0.4, 0.5) is 0 Å². The highest BCUT2D eigenvalue weighted by Gasteiger charge is 1.84. The van der Waals surface area contributed by atoms with E-state index < -0.39 is 6.10 Å². The molecule has 0 aromatic heterocycles. The van der Waals surface area contributed by atoms with Gasteiger partial charge in [0.25, 0.3) is 0 Å². The third-order valence-electron chi connectivity index (χ3n) is 1.55. The Labute approximate surface area is 101 Å². The summed E-state index contributed by atoms with van der Waals surface area (Å²) in [5, 5.41) is 16.0. The molecule has 0 bridgehead atoms. The van der Waals surface area contributed by atoms with Crippen molar-refractivity contribution in [2.24, 2.45) is 0 Å². The maximum absolute atomic E-state index is 8.11. The Morgan fingerprint density at radius 2 is 1.38 bits per heavy atom. The minimum absolute atomic E-state index is 0.139. The quantitative estimate of drug-likeness (QED) is 0.526. The van der Waals surface area contributed by atoms with Gasteiger partial charge in [0.15, 0.2) is 0 Å². The van der Waals surface area contributed by atoms with Crippen LogP contribution in [0.15, 0.2) is 13.2 Å². The number of hydrogen-bond donors (Lipinski definition) is 2. The minimum atomic E-state index is -0.560. The normalized spacial score (nSPS) is 10.6. The average molecular weight is 234 g/mol. The maximum Gasteiger partial charge on any atom is 0.0742 e. The summed E-state index contributed by atoms with van der Waals surface area (Å²) in [7, 11) is 0. The summed E-state index contributed by atoms with van der Waals surface area (Å²) in [6, 6.07) is 0. The van der Waals surface area contributed by atoms with Crippen molar-refractivity contribution in [3.63, 3.8) is 0 Å². The molecule has 0 amide bonds. The first-order valence-electron chi connectivity index (χ1n) is 6.05. The van der Waals surface area contributed by atoms with E-state index in [2.05, 4.69) is 27.0 Å². The van der Waals surface area contributed by atoms with Gasteiger partial charge in [-0.1, -0.05) is 26.7 Å². The fourth-order valence-corrected chi connectivity index (χ4v) is 0.595. The zero-order chi connectivity index (χ0) is 13.2. The Morgan fingerprint density at radius 3 is 1.56 bits per heavy atom. The predicted molar refractivity (Wildman–Crippen MR) is 70.7 cm³/mol. The Hall–Kier alpha value is -0.380. The number of rotatable bonds is 7. The van der Waals surface area contributed by atoms with Crippen LogP contribution in [0, 0.1) is 0 Å². The molecule has 100 valence electrons. The van der Waals surface area contributed by atoms with Crippen LogP contribution in [0.2, 0.25) is 0 Å². The van der Waals surface area contributed by atoms with Crippen molar-refractivity contribution < 1.29 is 14.9 Å². The molecule has 0 aliphatic rings. The number of aliphatic hydroxyl groups excluding tert-OH is 2. The van der Waals surface area contributed by atoms with Gasteiger partial charge in [0.05, 0.1) is 12.7 Å². The molecule has 3 nitrogen and oxygen atoms in total. The van der Waals surface area contributed by atoms with Crippen LogP contribution in [0.5, 0.6) is 0 Å². The standard InChI is InChI=1S/C8H18O.C3H8O2.C2H4/c1-3-5-7-9-8-6-4-2;1-3(5)2-4;1-2/h3-8H2,1-2H3;3-5H,2H2,1H3;1-2H2. The molecule has 0 aliphatic carbocycles. The highest BCUT2D eigenvalue weighted by Crippen LogP contribution is 1.91. The van der Waals surface area contributed by atoms with Gasteiger partial charge in [-0.25, -0.2) is 0 Å². The van der Waals surface area contributed by atoms with Gasteiger partial charge in [0.1, 0.15) is 0 Å². The number of aliphatic hydroxyl groups is 2. The molecule has 0 aromatic carbocycles. The molecule has 1 unspecified atom stereocenters. The summed E-state index contributed by atoms with van der Waals surface area (Å²) in [6.07, 6.45) is 4.35. The van der Waals surface area contributed by atoms with Gasteiger partial charge in [0.2, 0.25) is 0 Å². The lowest BCUT2D eigenvalue weighted by Gasteiger charge is -1.99. The van der Waals surface area contributed by atoms with Crippen LogP contribution in [0.1, 0.15) is 46.5 Å². The highest BCUT2D eigenvalue weighted by atomic mass is 16.5. The van der Waals surface area contributed by atoms with E-state index >= 15 is 0 Å². The third kappa shape index (κ3) is 37.4. The van der Waals surface area contributed by atoms with E-state index in [1.165, 1.54) is 32.6 Å². The van der Waals surface area contributed by atoms with Gasteiger partial charge < -0.3 is 14.9 Å². The molecular weight excluding hydrogens is 204 g/mol. The summed E-state index contributed by atoms with van der Waals surface area (Å²) in [6.45, 7) is 13.7. The molecule has 0 heterocycles. The second-order valence-electron chi connectivity index (χ2n) is 3.35. The molecule has 2 N–H and O–H groups in total. The molecule has 0 spiro atoms. The van der Waals surface area contributed by atoms with E-state index in [1.54, 1.807) is 0 Å². The second-order valence-corrected chi connectivity index (χ2v) is 3.35. The third-order valence-corrected chi connectivity index (χ3v) is 1.55. The van der Waals surface area contributed by atoms with E-state index in [1.807, 2.05) is 0 Å². The fraction of sp³-hybridized carbons (Fsp3) is 0.846. The summed E-state index contributed by atoms with van der Waals surface area (Å²) in [5.41, 5.74) is 0. The lowest BCUT2D eigenvalue weighted by Crippen LogP contribution is -2.03.